The summed E-state index contributed by atoms with van der Waals surface area (Å²) in [6.45, 7) is 2.02. The predicted molar refractivity (Wildman–Crippen MR) is 92.0 cm³/mol. The van der Waals surface area contributed by atoms with E-state index in [1.807, 2.05) is 0 Å². The second kappa shape index (κ2) is 7.29. The van der Waals surface area contributed by atoms with Crippen molar-refractivity contribution < 1.29 is 0 Å². The number of rotatable bonds is 5. The molecule has 0 atom stereocenters. The molecule has 1 aliphatic rings. The summed E-state index contributed by atoms with van der Waals surface area (Å²) in [6, 6.07) is 16.1. The number of benzene rings is 2. The molecule has 2 heteroatoms. The maximum absolute atomic E-state index is 6.06. The van der Waals surface area contributed by atoms with Gasteiger partial charge in [0.1, 0.15) is 0 Å². The molecule has 2 aromatic carbocycles. The summed E-state index contributed by atoms with van der Waals surface area (Å²) in [5, 5.41) is 2.72. The summed E-state index contributed by atoms with van der Waals surface area (Å²) < 4.78 is 0. The highest BCUT2D eigenvalue weighted by Crippen LogP contribution is 2.26. The highest BCUT2D eigenvalue weighted by Gasteiger charge is 2.21. The molecule has 0 aliphatic heterocycles. The zero-order valence-corrected chi connectivity index (χ0v) is 13.4. The molecule has 0 aromatic heterocycles. The Morgan fingerprint density at radius 3 is 2.52 bits per heavy atom. The van der Waals surface area contributed by atoms with Crippen LogP contribution < -0.4 is 0 Å². The second-order valence-electron chi connectivity index (χ2n) is 6.09. The van der Waals surface area contributed by atoms with Gasteiger partial charge in [0.25, 0.3) is 0 Å². The van der Waals surface area contributed by atoms with Crippen LogP contribution in [0.5, 0.6) is 0 Å². The average Bonchev–Trinajstić information content (AvgIpc) is 2.55. The monoisotopic (exact) mass is 301 g/mol. The lowest BCUT2D eigenvalue weighted by atomic mass is 9.93. The lowest BCUT2D eigenvalue weighted by Gasteiger charge is -2.34. The molecule has 0 N–H and O–H groups in total. The Morgan fingerprint density at radius 2 is 1.71 bits per heavy atom. The molecular weight excluding hydrogens is 278 g/mol. The summed E-state index contributed by atoms with van der Waals surface area (Å²) in [4.78, 5) is 2.61. The molecule has 0 saturated heterocycles. The van der Waals surface area contributed by atoms with Crippen molar-refractivity contribution >= 4 is 22.4 Å². The summed E-state index contributed by atoms with van der Waals surface area (Å²) in [5.41, 5.74) is 1.43. The minimum Gasteiger partial charge on any atom is -0.295 e. The average molecular weight is 302 g/mol. The summed E-state index contributed by atoms with van der Waals surface area (Å²) in [7, 11) is 0. The molecule has 1 nitrogen and oxygen atoms in total. The van der Waals surface area contributed by atoms with E-state index in [1.54, 1.807) is 0 Å². The Morgan fingerprint density at radius 1 is 0.952 bits per heavy atom. The topological polar surface area (TPSA) is 3.24 Å². The fraction of sp³-hybridized carbons (Fsp3) is 0.474. The van der Waals surface area contributed by atoms with Gasteiger partial charge in [0.05, 0.1) is 0 Å². The third-order valence-corrected chi connectivity index (χ3v) is 4.89. The SMILES string of the molecule is ClCCN(Cc1cccc2ccccc12)C1CCCCC1. The molecule has 0 bridgehead atoms. The van der Waals surface area contributed by atoms with Gasteiger partial charge in [-0.2, -0.15) is 0 Å². The van der Waals surface area contributed by atoms with Crippen molar-refractivity contribution in [3.05, 3.63) is 48.0 Å². The van der Waals surface area contributed by atoms with Crippen molar-refractivity contribution in [3.63, 3.8) is 0 Å². The van der Waals surface area contributed by atoms with Gasteiger partial charge in [-0.25, -0.2) is 0 Å². The smallest absolute Gasteiger partial charge is 0.0351 e. The van der Waals surface area contributed by atoms with Crippen molar-refractivity contribution in [3.8, 4) is 0 Å². The standard InChI is InChI=1S/C19H24ClN/c20-13-14-21(18-10-2-1-3-11-18)15-17-9-6-8-16-7-4-5-12-19(16)17/h4-9,12,18H,1-3,10-11,13-15H2. The Balaban J connectivity index is 1.83. The van der Waals surface area contributed by atoms with E-state index in [0.717, 1.165) is 25.0 Å². The molecule has 0 unspecified atom stereocenters. The van der Waals surface area contributed by atoms with E-state index in [4.69, 9.17) is 11.6 Å². The van der Waals surface area contributed by atoms with Gasteiger partial charge in [-0.3, -0.25) is 4.90 Å². The number of fused-ring (bicyclic) bond motifs is 1. The number of hydrogen-bond donors (Lipinski definition) is 0. The molecule has 2 aromatic rings. The molecule has 1 fully saturated rings. The van der Waals surface area contributed by atoms with Crippen molar-refractivity contribution in [2.75, 3.05) is 12.4 Å². The third-order valence-electron chi connectivity index (χ3n) is 4.72. The van der Waals surface area contributed by atoms with Crippen LogP contribution in [0.15, 0.2) is 42.5 Å². The van der Waals surface area contributed by atoms with Crippen LogP contribution in [-0.4, -0.2) is 23.4 Å². The summed E-state index contributed by atoms with van der Waals surface area (Å²) >= 11 is 6.06. The first kappa shape index (κ1) is 14.9. The van der Waals surface area contributed by atoms with Crippen LogP contribution in [0.3, 0.4) is 0 Å². The van der Waals surface area contributed by atoms with Crippen molar-refractivity contribution in [2.45, 2.75) is 44.7 Å². The molecule has 3 rings (SSSR count). The van der Waals surface area contributed by atoms with Crippen LogP contribution in [-0.2, 0) is 6.54 Å². The summed E-state index contributed by atoms with van der Waals surface area (Å²) in [6.07, 6.45) is 6.82. The largest absolute Gasteiger partial charge is 0.295 e. The first-order valence-electron chi connectivity index (χ1n) is 8.15. The van der Waals surface area contributed by atoms with E-state index in [-0.39, 0.29) is 0 Å². The quantitative estimate of drug-likeness (QED) is 0.685. The van der Waals surface area contributed by atoms with Gasteiger partial charge < -0.3 is 0 Å². The number of alkyl halides is 1. The molecule has 1 aliphatic carbocycles. The van der Waals surface area contributed by atoms with Crippen LogP contribution in [0.2, 0.25) is 0 Å². The maximum atomic E-state index is 6.06. The van der Waals surface area contributed by atoms with E-state index in [9.17, 15) is 0 Å². The molecule has 0 spiro atoms. The minimum atomic E-state index is 0.719. The third kappa shape index (κ3) is 3.59. The molecule has 0 heterocycles. The van der Waals surface area contributed by atoms with E-state index in [1.165, 1.54) is 48.4 Å². The maximum Gasteiger partial charge on any atom is 0.0351 e. The van der Waals surface area contributed by atoms with Gasteiger partial charge in [0, 0.05) is 25.0 Å². The lowest BCUT2D eigenvalue weighted by Crippen LogP contribution is -2.37. The number of nitrogens with zero attached hydrogens (tertiary/aromatic N) is 1. The van der Waals surface area contributed by atoms with Crippen LogP contribution >= 0.6 is 11.6 Å². The van der Waals surface area contributed by atoms with E-state index < -0.39 is 0 Å². The fourth-order valence-electron chi connectivity index (χ4n) is 3.59. The molecule has 0 amide bonds. The van der Waals surface area contributed by atoms with Crippen molar-refractivity contribution in [1.82, 2.24) is 4.90 Å². The minimum absolute atomic E-state index is 0.719. The van der Waals surface area contributed by atoms with Crippen LogP contribution in [0.25, 0.3) is 10.8 Å². The zero-order chi connectivity index (χ0) is 14.5. The normalized spacial score (nSPS) is 16.7. The Labute approximate surface area is 132 Å². The van der Waals surface area contributed by atoms with Crippen molar-refractivity contribution in [2.24, 2.45) is 0 Å². The van der Waals surface area contributed by atoms with Gasteiger partial charge in [0.2, 0.25) is 0 Å². The Kier molecular flexibility index (Phi) is 5.16. The molecular formula is C19H24ClN. The van der Waals surface area contributed by atoms with E-state index in [2.05, 4.69) is 47.4 Å². The molecule has 1 saturated carbocycles. The molecule has 112 valence electrons. The highest BCUT2D eigenvalue weighted by atomic mass is 35.5. The van der Waals surface area contributed by atoms with Gasteiger partial charge >= 0.3 is 0 Å². The zero-order valence-electron chi connectivity index (χ0n) is 12.6. The lowest BCUT2D eigenvalue weighted by molar-refractivity contribution is 0.157. The van der Waals surface area contributed by atoms with E-state index in [0.29, 0.717) is 0 Å². The second-order valence-corrected chi connectivity index (χ2v) is 6.47. The van der Waals surface area contributed by atoms with Gasteiger partial charge in [-0.05, 0) is 29.2 Å². The Hall–Kier alpha value is -1.05. The van der Waals surface area contributed by atoms with Gasteiger partial charge in [-0.15, -0.1) is 11.6 Å². The molecule has 0 radical (unpaired) electrons. The Bertz CT molecular complexity index is 569. The highest BCUT2D eigenvalue weighted by molar-refractivity contribution is 6.18. The van der Waals surface area contributed by atoms with Crippen molar-refractivity contribution in [1.29, 1.82) is 0 Å². The van der Waals surface area contributed by atoms with Gasteiger partial charge in [0.15, 0.2) is 0 Å². The first-order chi connectivity index (χ1) is 10.4. The fourth-order valence-corrected chi connectivity index (χ4v) is 3.81. The number of hydrogen-bond acceptors (Lipinski definition) is 1. The predicted octanol–water partition coefficient (Wildman–Crippen LogP) is 5.21. The van der Waals surface area contributed by atoms with Gasteiger partial charge in [-0.1, -0.05) is 61.7 Å². The molecule has 21 heavy (non-hydrogen) atoms. The summed E-state index contributed by atoms with van der Waals surface area (Å²) in [5.74, 6) is 0.723. The first-order valence-corrected chi connectivity index (χ1v) is 8.68. The van der Waals surface area contributed by atoms with Crippen LogP contribution in [0, 0.1) is 0 Å². The van der Waals surface area contributed by atoms with Crippen LogP contribution in [0.1, 0.15) is 37.7 Å². The van der Waals surface area contributed by atoms with Crippen LogP contribution in [0.4, 0.5) is 0 Å². The van der Waals surface area contributed by atoms with E-state index >= 15 is 0 Å². The number of halogens is 1.